The van der Waals surface area contributed by atoms with Gasteiger partial charge in [0.1, 0.15) is 25.1 Å². The topological polar surface area (TPSA) is 67.9 Å². The molecule has 0 saturated heterocycles. The van der Waals surface area contributed by atoms with Crippen molar-refractivity contribution >= 4 is 28.8 Å². The molecule has 1 fully saturated rings. The Balaban J connectivity index is 1.56. The molecule has 1 N–H and O–H groups in total. The maximum atomic E-state index is 13.9. The van der Waals surface area contributed by atoms with E-state index in [2.05, 4.69) is 5.32 Å². The van der Waals surface area contributed by atoms with Gasteiger partial charge in [0.05, 0.1) is 6.42 Å². The number of fused-ring (bicyclic) bond motifs is 1. The summed E-state index contributed by atoms with van der Waals surface area (Å²) in [4.78, 5) is 30.1. The number of halogens is 1. The maximum absolute atomic E-state index is 13.9. The maximum Gasteiger partial charge on any atom is 0.248 e. The number of rotatable bonds is 7. The molecule has 2 aromatic carbocycles. The van der Waals surface area contributed by atoms with E-state index < -0.39 is 11.9 Å². The van der Waals surface area contributed by atoms with Crippen molar-refractivity contribution in [2.75, 3.05) is 18.1 Å². The molecule has 2 aliphatic rings. The molecule has 6 nitrogen and oxygen atoms in total. The van der Waals surface area contributed by atoms with Crippen LogP contribution in [0.15, 0.2) is 60.0 Å². The van der Waals surface area contributed by atoms with Crippen LogP contribution in [0.5, 0.6) is 11.5 Å². The van der Waals surface area contributed by atoms with Crippen LogP contribution in [0.3, 0.4) is 0 Å². The van der Waals surface area contributed by atoms with E-state index in [9.17, 15) is 14.0 Å². The number of hydrogen-bond donors (Lipinski definition) is 1. The number of anilines is 1. The van der Waals surface area contributed by atoms with Crippen LogP contribution in [0.1, 0.15) is 48.6 Å². The first-order valence-electron chi connectivity index (χ1n) is 12.4. The second-order valence-electron chi connectivity index (χ2n) is 9.15. The minimum Gasteiger partial charge on any atom is -0.486 e. The number of ether oxygens (including phenoxy) is 2. The van der Waals surface area contributed by atoms with Gasteiger partial charge >= 0.3 is 0 Å². The van der Waals surface area contributed by atoms with Crippen molar-refractivity contribution in [2.24, 2.45) is 0 Å². The van der Waals surface area contributed by atoms with E-state index in [4.69, 9.17) is 9.47 Å². The number of nitrogens with zero attached hydrogens (tertiary/aromatic N) is 1. The lowest BCUT2D eigenvalue weighted by Gasteiger charge is -2.34. The Morgan fingerprint density at radius 3 is 2.47 bits per heavy atom. The first-order chi connectivity index (χ1) is 17.6. The van der Waals surface area contributed by atoms with Gasteiger partial charge in [-0.05, 0) is 54.1 Å². The molecule has 1 atom stereocenters. The highest BCUT2D eigenvalue weighted by molar-refractivity contribution is 7.10. The zero-order chi connectivity index (χ0) is 24.9. The summed E-state index contributed by atoms with van der Waals surface area (Å²) >= 11 is 1.49. The molecular weight excluding hydrogens is 479 g/mol. The average Bonchev–Trinajstić information content (AvgIpc) is 3.41. The number of amides is 2. The van der Waals surface area contributed by atoms with Crippen LogP contribution in [0.25, 0.3) is 0 Å². The molecule has 1 aromatic heterocycles. The second kappa shape index (κ2) is 11.1. The third kappa shape index (κ3) is 5.54. The molecule has 5 rings (SSSR count). The zero-order valence-electron chi connectivity index (χ0n) is 20.0. The van der Waals surface area contributed by atoms with Gasteiger partial charge in [0.25, 0.3) is 0 Å². The van der Waals surface area contributed by atoms with Crippen LogP contribution in [-0.2, 0) is 16.0 Å². The molecule has 3 aromatic rings. The zero-order valence-corrected chi connectivity index (χ0v) is 20.8. The van der Waals surface area contributed by atoms with Crippen molar-refractivity contribution in [1.82, 2.24) is 5.32 Å². The largest absolute Gasteiger partial charge is 0.486 e. The van der Waals surface area contributed by atoms with Crippen molar-refractivity contribution in [3.63, 3.8) is 0 Å². The Labute approximate surface area is 214 Å². The highest BCUT2D eigenvalue weighted by Crippen LogP contribution is 2.37. The highest BCUT2D eigenvalue weighted by Gasteiger charge is 2.35. The Kier molecular flexibility index (Phi) is 7.51. The molecule has 0 spiro atoms. The Bertz CT molecular complexity index is 1190. The van der Waals surface area contributed by atoms with E-state index in [1.165, 1.54) is 28.4 Å². The summed E-state index contributed by atoms with van der Waals surface area (Å²) < 4.78 is 25.3. The fourth-order valence-electron chi connectivity index (χ4n) is 4.86. The molecule has 1 aliphatic heterocycles. The number of thiophene rings is 1. The van der Waals surface area contributed by atoms with E-state index in [1.54, 1.807) is 30.3 Å². The summed E-state index contributed by atoms with van der Waals surface area (Å²) in [7, 11) is 0. The summed E-state index contributed by atoms with van der Waals surface area (Å²) in [6.45, 7) is 0.860. The van der Waals surface area contributed by atoms with Crippen molar-refractivity contribution in [3.8, 4) is 11.5 Å². The van der Waals surface area contributed by atoms with Gasteiger partial charge in [-0.2, -0.15) is 0 Å². The summed E-state index contributed by atoms with van der Waals surface area (Å²) in [5.41, 5.74) is 1.06. The van der Waals surface area contributed by atoms with E-state index in [-0.39, 0.29) is 24.3 Å². The normalized spacial score (nSPS) is 16.2. The smallest absolute Gasteiger partial charge is 0.248 e. The van der Waals surface area contributed by atoms with Crippen molar-refractivity contribution in [2.45, 2.75) is 50.6 Å². The average molecular weight is 509 g/mol. The molecule has 8 heteroatoms. The van der Waals surface area contributed by atoms with Crippen LogP contribution in [0.2, 0.25) is 0 Å². The third-order valence-electron chi connectivity index (χ3n) is 6.62. The summed E-state index contributed by atoms with van der Waals surface area (Å²) in [5.74, 6) is 0.213. The molecule has 188 valence electrons. The van der Waals surface area contributed by atoms with Crippen LogP contribution in [-0.4, -0.2) is 31.1 Å². The van der Waals surface area contributed by atoms with E-state index in [0.717, 1.165) is 37.0 Å². The van der Waals surface area contributed by atoms with Crippen LogP contribution in [0, 0.1) is 5.82 Å². The predicted molar refractivity (Wildman–Crippen MR) is 137 cm³/mol. The predicted octanol–water partition coefficient (Wildman–Crippen LogP) is 5.42. The van der Waals surface area contributed by atoms with Gasteiger partial charge < -0.3 is 14.8 Å². The minimum atomic E-state index is -0.970. The van der Waals surface area contributed by atoms with Gasteiger partial charge in [0, 0.05) is 22.7 Å². The Morgan fingerprint density at radius 2 is 1.75 bits per heavy atom. The molecular formula is C28H29FN2O4S. The fourth-order valence-corrected chi connectivity index (χ4v) is 5.55. The SMILES string of the molecule is O=C(NC1CCCCC1)[C@H](c1ccc(F)cc1)N(C(=O)Cc1cccs1)c1ccc2c(c1)OCCO2. The van der Waals surface area contributed by atoms with Gasteiger partial charge in [0.2, 0.25) is 11.8 Å². The van der Waals surface area contributed by atoms with Crippen molar-refractivity contribution in [1.29, 1.82) is 0 Å². The monoisotopic (exact) mass is 508 g/mol. The number of carbonyl (C=O) groups excluding carboxylic acids is 2. The molecule has 0 bridgehead atoms. The summed E-state index contributed by atoms with van der Waals surface area (Å²) in [6, 6.07) is 13.9. The molecule has 1 saturated carbocycles. The van der Waals surface area contributed by atoms with E-state index in [1.807, 2.05) is 17.5 Å². The molecule has 2 heterocycles. The van der Waals surface area contributed by atoms with Crippen LogP contribution >= 0.6 is 11.3 Å². The van der Waals surface area contributed by atoms with Gasteiger partial charge in [-0.25, -0.2) is 4.39 Å². The Hall–Kier alpha value is -3.39. The van der Waals surface area contributed by atoms with Gasteiger partial charge in [-0.15, -0.1) is 11.3 Å². The lowest BCUT2D eigenvalue weighted by atomic mass is 9.94. The molecule has 1 aliphatic carbocycles. The van der Waals surface area contributed by atoms with Gasteiger partial charge in [-0.1, -0.05) is 37.5 Å². The molecule has 36 heavy (non-hydrogen) atoms. The number of benzene rings is 2. The fraction of sp³-hybridized carbons (Fsp3) is 0.357. The first kappa shape index (κ1) is 24.3. The first-order valence-corrected chi connectivity index (χ1v) is 13.3. The van der Waals surface area contributed by atoms with E-state index in [0.29, 0.717) is 36.0 Å². The number of carbonyl (C=O) groups is 2. The molecule has 0 radical (unpaired) electrons. The number of hydrogen-bond acceptors (Lipinski definition) is 5. The number of nitrogens with one attached hydrogen (secondary N) is 1. The van der Waals surface area contributed by atoms with E-state index >= 15 is 0 Å². The second-order valence-corrected chi connectivity index (χ2v) is 10.2. The lowest BCUT2D eigenvalue weighted by molar-refractivity contribution is -0.127. The van der Waals surface area contributed by atoms with Crippen molar-refractivity contribution < 1.29 is 23.5 Å². The Morgan fingerprint density at radius 1 is 1.00 bits per heavy atom. The van der Waals surface area contributed by atoms with Gasteiger partial charge in [-0.3, -0.25) is 14.5 Å². The molecule has 0 unspecified atom stereocenters. The van der Waals surface area contributed by atoms with Gasteiger partial charge in [0.15, 0.2) is 11.5 Å². The minimum absolute atomic E-state index is 0.0590. The summed E-state index contributed by atoms with van der Waals surface area (Å²) in [6.07, 6.45) is 5.26. The third-order valence-corrected chi connectivity index (χ3v) is 7.50. The van der Waals surface area contributed by atoms with Crippen LogP contribution < -0.4 is 19.7 Å². The standard InChI is InChI=1S/C28H29FN2O4S/c29-20-10-8-19(9-11-20)27(28(33)30-21-5-2-1-3-6-21)31(26(32)18-23-7-4-16-36-23)22-12-13-24-25(17-22)35-15-14-34-24/h4,7-13,16-17,21,27H,1-3,5-6,14-15,18H2,(H,30,33)/t27-/m0/s1. The van der Waals surface area contributed by atoms with Crippen molar-refractivity contribution in [3.05, 3.63) is 76.2 Å². The lowest BCUT2D eigenvalue weighted by Crippen LogP contribution is -2.47. The highest BCUT2D eigenvalue weighted by atomic mass is 32.1. The summed E-state index contributed by atoms with van der Waals surface area (Å²) in [5, 5.41) is 5.10. The quantitative estimate of drug-likeness (QED) is 0.463. The van der Waals surface area contributed by atoms with Crippen LogP contribution in [0.4, 0.5) is 10.1 Å². The molecule has 2 amide bonds.